The first-order valence-corrected chi connectivity index (χ1v) is 14.0. The molecule has 3 aromatic heterocycles. The lowest BCUT2D eigenvalue weighted by Gasteiger charge is -2.20. The van der Waals surface area contributed by atoms with Gasteiger partial charge in [0, 0.05) is 35.1 Å². The van der Waals surface area contributed by atoms with Gasteiger partial charge in [-0.05, 0) is 37.6 Å². The molecule has 4 aromatic rings. The SMILES string of the molecule is CCCCCCCCN1/C(=C/C=C/C=c2/c(C)nn3c(-c4cnccn4)nnc23)Sc2ccc(OC)cc21. The first-order valence-electron chi connectivity index (χ1n) is 13.2. The number of nitrogens with zero attached hydrogens (tertiary/aromatic N) is 7. The summed E-state index contributed by atoms with van der Waals surface area (Å²) < 4.78 is 7.24. The number of aromatic nitrogens is 6. The molecule has 0 aliphatic carbocycles. The van der Waals surface area contributed by atoms with E-state index in [0.29, 0.717) is 17.2 Å². The van der Waals surface area contributed by atoms with Crippen LogP contribution in [0, 0.1) is 6.92 Å². The Morgan fingerprint density at radius 3 is 2.66 bits per heavy atom. The van der Waals surface area contributed by atoms with Gasteiger partial charge in [0.2, 0.25) is 5.82 Å². The molecular formula is C29H33N7OS. The number of unbranched alkanes of at least 4 members (excludes halogenated alkanes) is 5. The van der Waals surface area contributed by atoms with E-state index in [4.69, 9.17) is 4.74 Å². The summed E-state index contributed by atoms with van der Waals surface area (Å²) in [5.74, 6) is 1.47. The van der Waals surface area contributed by atoms with E-state index >= 15 is 0 Å². The van der Waals surface area contributed by atoms with E-state index in [-0.39, 0.29) is 0 Å². The van der Waals surface area contributed by atoms with Crippen LogP contribution in [0.3, 0.4) is 0 Å². The van der Waals surface area contributed by atoms with Crippen LogP contribution >= 0.6 is 11.8 Å². The molecule has 8 nitrogen and oxygen atoms in total. The Bertz CT molecular complexity index is 1500. The van der Waals surface area contributed by atoms with Crippen molar-refractivity contribution in [3.63, 3.8) is 0 Å². The maximum Gasteiger partial charge on any atom is 0.205 e. The van der Waals surface area contributed by atoms with E-state index < -0.39 is 0 Å². The lowest BCUT2D eigenvalue weighted by atomic mass is 10.1. The molecule has 0 saturated carbocycles. The summed E-state index contributed by atoms with van der Waals surface area (Å²) in [6.45, 7) is 5.24. The Morgan fingerprint density at radius 2 is 1.84 bits per heavy atom. The number of fused-ring (bicyclic) bond motifs is 2. The van der Waals surface area contributed by atoms with Gasteiger partial charge in [0.05, 0.1) is 29.7 Å². The fraction of sp³-hybridized carbons (Fsp3) is 0.345. The van der Waals surface area contributed by atoms with Crippen molar-refractivity contribution in [2.24, 2.45) is 0 Å². The zero-order valence-electron chi connectivity index (χ0n) is 22.2. The lowest BCUT2D eigenvalue weighted by Crippen LogP contribution is -2.19. The molecule has 5 rings (SSSR count). The lowest BCUT2D eigenvalue weighted by molar-refractivity contribution is 0.414. The second kappa shape index (κ2) is 12.2. The average molecular weight is 528 g/mol. The van der Waals surface area contributed by atoms with Crippen LogP contribution in [0.25, 0.3) is 23.2 Å². The largest absolute Gasteiger partial charge is 0.497 e. The molecule has 0 spiro atoms. The summed E-state index contributed by atoms with van der Waals surface area (Å²) in [6.07, 6.45) is 20.9. The number of aryl methyl sites for hydroxylation is 1. The Balaban J connectivity index is 1.36. The Hall–Kier alpha value is -3.72. The molecule has 0 N–H and O–H groups in total. The number of benzene rings is 1. The number of rotatable bonds is 11. The number of thioether (sulfide) groups is 1. The fourth-order valence-electron chi connectivity index (χ4n) is 4.58. The van der Waals surface area contributed by atoms with Crippen molar-refractivity contribution in [3.05, 3.63) is 71.0 Å². The summed E-state index contributed by atoms with van der Waals surface area (Å²) in [4.78, 5) is 12.1. The van der Waals surface area contributed by atoms with Crippen molar-refractivity contribution in [2.75, 3.05) is 18.6 Å². The Labute approximate surface area is 227 Å². The molecule has 0 saturated heterocycles. The normalized spacial score (nSPS) is 14.9. The highest BCUT2D eigenvalue weighted by atomic mass is 32.2. The summed E-state index contributed by atoms with van der Waals surface area (Å²) in [6, 6.07) is 6.33. The third-order valence-electron chi connectivity index (χ3n) is 6.60. The highest BCUT2D eigenvalue weighted by molar-refractivity contribution is 8.03. The highest BCUT2D eigenvalue weighted by Gasteiger charge is 2.25. The molecule has 1 aromatic carbocycles. The minimum absolute atomic E-state index is 0.586. The second-order valence-corrected chi connectivity index (χ2v) is 10.3. The molecule has 196 valence electrons. The fourth-order valence-corrected chi connectivity index (χ4v) is 5.66. The van der Waals surface area contributed by atoms with E-state index in [1.54, 1.807) is 42.0 Å². The molecule has 4 heterocycles. The van der Waals surface area contributed by atoms with Gasteiger partial charge in [0.25, 0.3) is 0 Å². The van der Waals surface area contributed by atoms with E-state index in [9.17, 15) is 0 Å². The predicted molar refractivity (Wildman–Crippen MR) is 153 cm³/mol. The predicted octanol–water partition coefficient (Wildman–Crippen LogP) is 5.77. The second-order valence-electron chi connectivity index (χ2n) is 9.26. The number of ether oxygens (including phenoxy) is 1. The minimum atomic E-state index is 0.586. The minimum Gasteiger partial charge on any atom is -0.497 e. The van der Waals surface area contributed by atoms with Gasteiger partial charge in [0.1, 0.15) is 11.4 Å². The standard InChI is InChI=1S/C29H33N7OS/c1-4-5-6-7-8-11-18-35-25-19-22(37-3)14-15-26(25)38-27(35)13-10-9-12-23-21(2)34-36-28(23)32-33-29(36)24-20-30-16-17-31-24/h9-10,12-17,19-20H,4-8,11,18H2,1-3H3/b10-9+,23-12-,27-13-. The first-order chi connectivity index (χ1) is 18.7. The quantitative estimate of drug-likeness (QED) is 0.228. The van der Waals surface area contributed by atoms with Crippen molar-refractivity contribution < 1.29 is 4.74 Å². The summed E-state index contributed by atoms with van der Waals surface area (Å²) in [5.41, 5.74) is 3.46. The van der Waals surface area contributed by atoms with Gasteiger partial charge in [-0.2, -0.15) is 9.61 Å². The van der Waals surface area contributed by atoms with Crippen LogP contribution in [0.4, 0.5) is 5.69 Å². The van der Waals surface area contributed by atoms with Gasteiger partial charge < -0.3 is 9.64 Å². The van der Waals surface area contributed by atoms with Crippen LogP contribution in [-0.4, -0.2) is 43.4 Å². The van der Waals surface area contributed by atoms with Gasteiger partial charge in [-0.15, -0.1) is 10.2 Å². The maximum atomic E-state index is 5.51. The van der Waals surface area contributed by atoms with Crippen LogP contribution in [0.15, 0.2) is 64.9 Å². The first kappa shape index (κ1) is 25.9. The van der Waals surface area contributed by atoms with Crippen LogP contribution in [0.1, 0.15) is 51.1 Å². The molecule has 0 atom stereocenters. The number of allylic oxidation sites excluding steroid dienone is 3. The topological polar surface area (TPSA) is 81.3 Å². The molecule has 1 aliphatic rings. The molecule has 0 bridgehead atoms. The van der Waals surface area contributed by atoms with Gasteiger partial charge in [-0.3, -0.25) is 4.98 Å². The van der Waals surface area contributed by atoms with Crippen LogP contribution < -0.4 is 14.9 Å². The van der Waals surface area contributed by atoms with Crippen LogP contribution in [0.2, 0.25) is 0 Å². The van der Waals surface area contributed by atoms with E-state index in [0.717, 1.165) is 23.2 Å². The number of methoxy groups -OCH3 is 1. The number of hydrogen-bond acceptors (Lipinski definition) is 8. The molecule has 0 unspecified atom stereocenters. The van der Waals surface area contributed by atoms with Crippen molar-refractivity contribution >= 4 is 29.2 Å². The third kappa shape index (κ3) is 5.57. The summed E-state index contributed by atoms with van der Waals surface area (Å²) in [5, 5.41) is 15.5. The summed E-state index contributed by atoms with van der Waals surface area (Å²) >= 11 is 1.80. The molecule has 0 radical (unpaired) electrons. The van der Waals surface area contributed by atoms with Crippen LogP contribution in [0.5, 0.6) is 5.75 Å². The van der Waals surface area contributed by atoms with Gasteiger partial charge in [-0.25, -0.2) is 4.98 Å². The molecule has 38 heavy (non-hydrogen) atoms. The number of anilines is 1. The van der Waals surface area contributed by atoms with Crippen molar-refractivity contribution in [2.45, 2.75) is 57.3 Å². The van der Waals surface area contributed by atoms with Crippen molar-refractivity contribution in [1.29, 1.82) is 0 Å². The zero-order chi connectivity index (χ0) is 26.3. The smallest absolute Gasteiger partial charge is 0.205 e. The summed E-state index contributed by atoms with van der Waals surface area (Å²) in [7, 11) is 1.72. The third-order valence-corrected chi connectivity index (χ3v) is 7.73. The van der Waals surface area contributed by atoms with E-state index in [1.807, 2.05) is 25.1 Å². The average Bonchev–Trinajstić information content (AvgIpc) is 3.60. The number of hydrogen-bond donors (Lipinski definition) is 0. The highest BCUT2D eigenvalue weighted by Crippen LogP contribution is 2.47. The van der Waals surface area contributed by atoms with Gasteiger partial charge in [0.15, 0.2) is 5.65 Å². The van der Waals surface area contributed by atoms with Gasteiger partial charge >= 0.3 is 0 Å². The maximum absolute atomic E-state index is 5.51. The molecular weight excluding hydrogens is 494 g/mol. The van der Waals surface area contributed by atoms with E-state index in [1.165, 1.54) is 54.1 Å². The molecule has 0 fully saturated rings. The van der Waals surface area contributed by atoms with Crippen molar-refractivity contribution in [3.8, 4) is 17.3 Å². The molecule has 1 aliphatic heterocycles. The van der Waals surface area contributed by atoms with E-state index in [2.05, 4.69) is 61.4 Å². The zero-order valence-corrected chi connectivity index (χ0v) is 23.0. The Kier molecular flexibility index (Phi) is 8.33. The van der Waals surface area contributed by atoms with Crippen molar-refractivity contribution in [1.82, 2.24) is 29.8 Å². The Morgan fingerprint density at radius 1 is 1.00 bits per heavy atom. The monoisotopic (exact) mass is 527 g/mol. The molecule has 9 heteroatoms. The van der Waals surface area contributed by atoms with Crippen LogP contribution in [-0.2, 0) is 0 Å². The molecule has 0 amide bonds. The van der Waals surface area contributed by atoms with Gasteiger partial charge in [-0.1, -0.05) is 62.9 Å².